The molecule has 0 saturated carbocycles. The predicted octanol–water partition coefficient (Wildman–Crippen LogP) is 0.720. The summed E-state index contributed by atoms with van der Waals surface area (Å²) in [5.74, 6) is -0.101. The Bertz CT molecular complexity index is 310. The van der Waals surface area contributed by atoms with Crippen LogP contribution in [0.2, 0.25) is 0 Å². The van der Waals surface area contributed by atoms with Crippen molar-refractivity contribution in [1.29, 1.82) is 0 Å². The number of nitrogens with zero attached hydrogens (tertiary/aromatic N) is 2. The third-order valence-electron chi connectivity index (χ3n) is 1.66. The van der Waals surface area contributed by atoms with Crippen LogP contribution in [0.4, 0.5) is 0 Å². The molecule has 0 radical (unpaired) electrons. The molecule has 0 saturated heterocycles. The Hall–Kier alpha value is -1.10. The molecule has 5 heteroatoms. The van der Waals surface area contributed by atoms with E-state index >= 15 is 0 Å². The smallest absolute Gasteiger partial charge is 0.232 e. The largest absolute Gasteiger partial charge is 0.349 e. The third-order valence-corrected chi connectivity index (χ3v) is 1.89. The van der Waals surface area contributed by atoms with E-state index in [2.05, 4.69) is 27.9 Å². The summed E-state index contributed by atoms with van der Waals surface area (Å²) in [5.41, 5.74) is 1.61. The van der Waals surface area contributed by atoms with Crippen LogP contribution >= 0.6 is 12.6 Å². The zero-order chi connectivity index (χ0) is 10.6. The minimum atomic E-state index is -0.298. The highest BCUT2D eigenvalue weighted by atomic mass is 32.1. The molecule has 0 bridgehead atoms. The molecule has 1 aromatic rings. The summed E-state index contributed by atoms with van der Waals surface area (Å²) in [7, 11) is 0. The molecule has 1 rings (SSSR count). The Labute approximate surface area is 88.6 Å². The average Bonchev–Trinajstić information content (AvgIpc) is 2.16. The van der Waals surface area contributed by atoms with Crippen molar-refractivity contribution in [3.05, 3.63) is 23.8 Å². The first-order valence-corrected chi connectivity index (χ1v) is 4.84. The van der Waals surface area contributed by atoms with Crippen molar-refractivity contribution in [2.24, 2.45) is 0 Å². The van der Waals surface area contributed by atoms with Gasteiger partial charge in [0.1, 0.15) is 0 Å². The van der Waals surface area contributed by atoms with Crippen LogP contribution in [-0.2, 0) is 11.3 Å². The summed E-state index contributed by atoms with van der Waals surface area (Å²) >= 11 is 4.01. The zero-order valence-corrected chi connectivity index (χ0v) is 9.08. The summed E-state index contributed by atoms with van der Waals surface area (Å²) in [5, 5.41) is 2.40. The van der Waals surface area contributed by atoms with Gasteiger partial charge in [-0.2, -0.15) is 12.6 Å². The number of carbonyl (C=O) groups excluding carboxylic acids is 1. The molecule has 0 aromatic carbocycles. The second-order valence-electron chi connectivity index (χ2n) is 3.04. The first-order valence-electron chi connectivity index (χ1n) is 4.33. The number of aryl methyl sites for hydroxylation is 1. The minimum Gasteiger partial charge on any atom is -0.349 e. The fraction of sp³-hybridized carbons (Fsp3) is 0.444. The number of rotatable bonds is 3. The molecule has 0 spiro atoms. The summed E-state index contributed by atoms with van der Waals surface area (Å²) in [6.45, 7) is 3.99. The average molecular weight is 211 g/mol. The van der Waals surface area contributed by atoms with Gasteiger partial charge in [0.2, 0.25) is 5.91 Å². The standard InChI is InChI=1S/C9H13N3OS/c1-6-3-11-8(4-10-6)5-12-9(13)7(2)14/h3-4,7,14H,5H2,1-2H3,(H,12,13). The number of carbonyl (C=O) groups is 1. The fourth-order valence-corrected chi connectivity index (χ4v) is 0.927. The molecule has 0 aliphatic heterocycles. The van der Waals surface area contributed by atoms with Crippen LogP contribution in [-0.4, -0.2) is 21.1 Å². The lowest BCUT2D eigenvalue weighted by Crippen LogP contribution is -2.29. The highest BCUT2D eigenvalue weighted by Gasteiger charge is 2.06. The van der Waals surface area contributed by atoms with Crippen LogP contribution in [0.15, 0.2) is 12.4 Å². The monoisotopic (exact) mass is 211 g/mol. The molecule has 0 fully saturated rings. The van der Waals surface area contributed by atoms with E-state index in [4.69, 9.17) is 0 Å². The van der Waals surface area contributed by atoms with Crippen molar-refractivity contribution in [3.63, 3.8) is 0 Å². The molecule has 14 heavy (non-hydrogen) atoms. The van der Waals surface area contributed by atoms with Crippen molar-refractivity contribution >= 4 is 18.5 Å². The molecule has 1 heterocycles. The zero-order valence-electron chi connectivity index (χ0n) is 8.19. The topological polar surface area (TPSA) is 54.9 Å². The van der Waals surface area contributed by atoms with Crippen LogP contribution in [0.1, 0.15) is 18.3 Å². The molecular weight excluding hydrogens is 198 g/mol. The molecule has 76 valence electrons. The van der Waals surface area contributed by atoms with E-state index in [-0.39, 0.29) is 11.2 Å². The van der Waals surface area contributed by atoms with Gasteiger partial charge < -0.3 is 5.32 Å². The van der Waals surface area contributed by atoms with E-state index in [9.17, 15) is 4.79 Å². The van der Waals surface area contributed by atoms with E-state index < -0.39 is 0 Å². The summed E-state index contributed by atoms with van der Waals surface area (Å²) < 4.78 is 0. The maximum Gasteiger partial charge on any atom is 0.232 e. The fourth-order valence-electron chi connectivity index (χ4n) is 0.836. The molecule has 0 aliphatic carbocycles. The Balaban J connectivity index is 2.46. The molecule has 1 atom stereocenters. The molecule has 1 unspecified atom stereocenters. The Morgan fingerprint density at radius 3 is 2.79 bits per heavy atom. The SMILES string of the molecule is Cc1cnc(CNC(=O)C(C)S)cn1. The summed E-state index contributed by atoms with van der Waals surface area (Å²) in [6, 6.07) is 0. The number of thiol groups is 1. The summed E-state index contributed by atoms with van der Waals surface area (Å²) in [4.78, 5) is 19.3. The first kappa shape index (κ1) is 11.0. The van der Waals surface area contributed by atoms with E-state index in [1.165, 1.54) is 0 Å². The van der Waals surface area contributed by atoms with Gasteiger partial charge in [-0.3, -0.25) is 14.8 Å². The number of amides is 1. The molecule has 1 N–H and O–H groups in total. The van der Waals surface area contributed by atoms with Crippen molar-refractivity contribution in [1.82, 2.24) is 15.3 Å². The van der Waals surface area contributed by atoms with Gasteiger partial charge in [0, 0.05) is 6.20 Å². The van der Waals surface area contributed by atoms with Crippen molar-refractivity contribution < 1.29 is 4.79 Å². The van der Waals surface area contributed by atoms with Gasteiger partial charge in [0.25, 0.3) is 0 Å². The highest BCUT2D eigenvalue weighted by Crippen LogP contribution is 1.95. The Kier molecular flexibility index (Phi) is 3.88. The number of aromatic nitrogens is 2. The normalized spacial score (nSPS) is 12.2. The van der Waals surface area contributed by atoms with Gasteiger partial charge in [-0.1, -0.05) is 0 Å². The van der Waals surface area contributed by atoms with Crippen LogP contribution in [0, 0.1) is 6.92 Å². The van der Waals surface area contributed by atoms with Gasteiger partial charge in [-0.05, 0) is 13.8 Å². The number of hydrogen-bond acceptors (Lipinski definition) is 4. The molecular formula is C9H13N3OS. The van der Waals surface area contributed by atoms with Crippen LogP contribution in [0.25, 0.3) is 0 Å². The maximum atomic E-state index is 11.1. The minimum absolute atomic E-state index is 0.101. The molecule has 1 aromatic heterocycles. The van der Waals surface area contributed by atoms with E-state index in [0.29, 0.717) is 6.54 Å². The van der Waals surface area contributed by atoms with Gasteiger partial charge in [-0.15, -0.1) is 0 Å². The lowest BCUT2D eigenvalue weighted by atomic mass is 10.4. The lowest BCUT2D eigenvalue weighted by Gasteiger charge is -2.06. The lowest BCUT2D eigenvalue weighted by molar-refractivity contribution is -0.120. The molecule has 1 amide bonds. The van der Waals surface area contributed by atoms with Crippen molar-refractivity contribution in [2.75, 3.05) is 0 Å². The predicted molar refractivity (Wildman–Crippen MR) is 57.1 cm³/mol. The van der Waals surface area contributed by atoms with E-state index in [1.54, 1.807) is 19.3 Å². The van der Waals surface area contributed by atoms with Crippen LogP contribution < -0.4 is 5.32 Å². The van der Waals surface area contributed by atoms with Gasteiger partial charge >= 0.3 is 0 Å². The quantitative estimate of drug-likeness (QED) is 0.724. The second kappa shape index (κ2) is 4.95. The van der Waals surface area contributed by atoms with Crippen molar-refractivity contribution in [3.8, 4) is 0 Å². The number of nitrogens with one attached hydrogen (secondary N) is 1. The summed E-state index contributed by atoms with van der Waals surface area (Å²) in [6.07, 6.45) is 3.32. The maximum absolute atomic E-state index is 11.1. The molecule has 4 nitrogen and oxygen atoms in total. The first-order chi connectivity index (χ1) is 6.59. The second-order valence-corrected chi connectivity index (χ2v) is 3.82. The van der Waals surface area contributed by atoms with Gasteiger partial charge in [0.15, 0.2) is 0 Å². The Morgan fingerprint density at radius 2 is 2.29 bits per heavy atom. The third kappa shape index (κ3) is 3.33. The van der Waals surface area contributed by atoms with Gasteiger partial charge in [0.05, 0.1) is 29.4 Å². The number of hydrogen-bond donors (Lipinski definition) is 2. The van der Waals surface area contributed by atoms with Gasteiger partial charge in [-0.25, -0.2) is 0 Å². The van der Waals surface area contributed by atoms with Crippen LogP contribution in [0.5, 0.6) is 0 Å². The van der Waals surface area contributed by atoms with E-state index in [0.717, 1.165) is 11.4 Å². The van der Waals surface area contributed by atoms with E-state index in [1.807, 2.05) is 6.92 Å². The van der Waals surface area contributed by atoms with Crippen molar-refractivity contribution in [2.45, 2.75) is 25.6 Å². The highest BCUT2D eigenvalue weighted by molar-refractivity contribution is 7.81. The molecule has 0 aliphatic rings. The Morgan fingerprint density at radius 1 is 1.57 bits per heavy atom. The van der Waals surface area contributed by atoms with Crippen LogP contribution in [0.3, 0.4) is 0 Å².